The topological polar surface area (TPSA) is 91.2 Å². The molecule has 1 aromatic heterocycles. The Morgan fingerprint density at radius 1 is 1.20 bits per heavy atom. The number of aryl methyl sites for hydroxylation is 2. The van der Waals surface area contributed by atoms with Crippen LogP contribution in [-0.4, -0.2) is 10.9 Å². The van der Waals surface area contributed by atoms with Gasteiger partial charge in [0.1, 0.15) is 5.75 Å². The molecule has 4 N–H and O–H groups in total. The summed E-state index contributed by atoms with van der Waals surface area (Å²) < 4.78 is 5.68. The van der Waals surface area contributed by atoms with E-state index < -0.39 is 5.91 Å². The van der Waals surface area contributed by atoms with Crippen LogP contribution >= 0.6 is 0 Å². The van der Waals surface area contributed by atoms with Gasteiger partial charge in [-0.05, 0) is 42.5 Å². The number of pyridine rings is 1. The molecule has 0 saturated heterocycles. The fourth-order valence-corrected chi connectivity index (χ4v) is 2.45. The van der Waals surface area contributed by atoms with Crippen molar-refractivity contribution in [3.63, 3.8) is 0 Å². The third-order valence-corrected chi connectivity index (χ3v) is 3.47. The molecule has 0 fully saturated rings. The third kappa shape index (κ3) is 2.30. The molecule has 0 spiro atoms. The van der Waals surface area contributed by atoms with E-state index in [1.165, 1.54) is 29.8 Å². The number of rotatable bonds is 3. The largest absolute Gasteiger partial charge is 0.439 e. The normalized spacial score (nSPS) is 13.0. The fourth-order valence-electron chi connectivity index (χ4n) is 2.45. The van der Waals surface area contributed by atoms with E-state index in [0.717, 1.165) is 12.8 Å². The van der Waals surface area contributed by atoms with Gasteiger partial charge in [-0.1, -0.05) is 6.07 Å². The molecule has 0 aliphatic heterocycles. The number of benzene rings is 1. The summed E-state index contributed by atoms with van der Waals surface area (Å²) >= 11 is 0. The average molecular weight is 269 g/mol. The Balaban J connectivity index is 1.88. The van der Waals surface area contributed by atoms with E-state index in [2.05, 4.69) is 11.1 Å². The monoisotopic (exact) mass is 269 g/mol. The number of carbonyl (C=O) groups is 1. The van der Waals surface area contributed by atoms with Gasteiger partial charge in [-0.2, -0.15) is 0 Å². The van der Waals surface area contributed by atoms with Crippen molar-refractivity contribution in [2.75, 3.05) is 5.73 Å². The van der Waals surface area contributed by atoms with E-state index in [0.29, 0.717) is 11.6 Å². The van der Waals surface area contributed by atoms with E-state index in [4.69, 9.17) is 16.2 Å². The standard InChI is InChI=1S/C15H15N3O2/c16-13-8-18-14(7-12(13)15(17)19)20-11-5-4-9-2-1-3-10(9)6-11/h4-8H,1-3,16H2,(H2,17,19). The van der Waals surface area contributed by atoms with E-state index in [-0.39, 0.29) is 11.3 Å². The van der Waals surface area contributed by atoms with Crippen LogP contribution in [0.3, 0.4) is 0 Å². The molecular formula is C15H15N3O2. The molecule has 0 radical (unpaired) electrons. The first-order chi connectivity index (χ1) is 9.63. The third-order valence-electron chi connectivity index (χ3n) is 3.47. The number of carbonyl (C=O) groups excluding carboxylic acids is 1. The summed E-state index contributed by atoms with van der Waals surface area (Å²) in [6.07, 6.45) is 4.77. The predicted octanol–water partition coefficient (Wildman–Crippen LogP) is 2.04. The highest BCUT2D eigenvalue weighted by Gasteiger charge is 2.13. The molecule has 5 nitrogen and oxygen atoms in total. The van der Waals surface area contributed by atoms with Crippen molar-refractivity contribution < 1.29 is 9.53 Å². The molecule has 0 unspecified atom stereocenters. The molecule has 0 saturated carbocycles. The number of aromatic nitrogens is 1. The Morgan fingerprint density at radius 3 is 2.80 bits per heavy atom. The van der Waals surface area contributed by atoms with Crippen molar-refractivity contribution in [1.29, 1.82) is 0 Å². The van der Waals surface area contributed by atoms with Gasteiger partial charge in [0, 0.05) is 6.07 Å². The summed E-state index contributed by atoms with van der Waals surface area (Å²) in [7, 11) is 0. The number of primary amides is 1. The molecule has 1 aliphatic rings. The Labute approximate surface area is 116 Å². The molecule has 3 rings (SSSR count). The quantitative estimate of drug-likeness (QED) is 0.892. The second-order valence-electron chi connectivity index (χ2n) is 4.86. The average Bonchev–Trinajstić information content (AvgIpc) is 2.88. The minimum Gasteiger partial charge on any atom is -0.439 e. The maximum absolute atomic E-state index is 11.2. The summed E-state index contributed by atoms with van der Waals surface area (Å²) in [6, 6.07) is 7.46. The first-order valence-electron chi connectivity index (χ1n) is 6.48. The Morgan fingerprint density at radius 2 is 2.00 bits per heavy atom. The van der Waals surface area contributed by atoms with E-state index >= 15 is 0 Å². The van der Waals surface area contributed by atoms with Gasteiger partial charge in [0.15, 0.2) is 0 Å². The van der Waals surface area contributed by atoms with Gasteiger partial charge in [0.05, 0.1) is 17.4 Å². The summed E-state index contributed by atoms with van der Waals surface area (Å²) in [5, 5.41) is 0. The number of ether oxygens (including phenoxy) is 1. The van der Waals surface area contributed by atoms with Crippen molar-refractivity contribution in [2.24, 2.45) is 5.73 Å². The lowest BCUT2D eigenvalue weighted by Gasteiger charge is -2.08. The zero-order chi connectivity index (χ0) is 14.1. The number of nitrogens with zero attached hydrogens (tertiary/aromatic N) is 1. The highest BCUT2D eigenvalue weighted by molar-refractivity contribution is 5.98. The molecular weight excluding hydrogens is 254 g/mol. The van der Waals surface area contributed by atoms with Crippen LogP contribution in [0.5, 0.6) is 11.6 Å². The van der Waals surface area contributed by atoms with Gasteiger partial charge in [-0.3, -0.25) is 4.79 Å². The lowest BCUT2D eigenvalue weighted by atomic mass is 10.1. The van der Waals surface area contributed by atoms with Crippen LogP contribution in [0.1, 0.15) is 27.9 Å². The molecule has 1 aliphatic carbocycles. The molecule has 0 bridgehead atoms. The van der Waals surface area contributed by atoms with Crippen molar-refractivity contribution in [2.45, 2.75) is 19.3 Å². The first kappa shape index (κ1) is 12.5. The van der Waals surface area contributed by atoms with Crippen molar-refractivity contribution in [3.8, 4) is 11.6 Å². The fraction of sp³-hybridized carbons (Fsp3) is 0.200. The number of hydrogen-bond acceptors (Lipinski definition) is 4. The van der Waals surface area contributed by atoms with Crippen LogP contribution in [0.2, 0.25) is 0 Å². The lowest BCUT2D eigenvalue weighted by Crippen LogP contribution is -2.13. The highest BCUT2D eigenvalue weighted by atomic mass is 16.5. The molecule has 20 heavy (non-hydrogen) atoms. The Hall–Kier alpha value is -2.56. The van der Waals surface area contributed by atoms with Crippen LogP contribution in [-0.2, 0) is 12.8 Å². The lowest BCUT2D eigenvalue weighted by molar-refractivity contribution is 0.100. The SMILES string of the molecule is NC(=O)c1cc(Oc2ccc3c(c2)CCC3)ncc1N. The maximum Gasteiger partial charge on any atom is 0.251 e. The van der Waals surface area contributed by atoms with Crippen LogP contribution in [0.25, 0.3) is 0 Å². The number of fused-ring (bicyclic) bond motifs is 1. The van der Waals surface area contributed by atoms with Crippen LogP contribution < -0.4 is 16.2 Å². The molecule has 1 aromatic carbocycles. The van der Waals surface area contributed by atoms with Crippen LogP contribution in [0.15, 0.2) is 30.5 Å². The smallest absolute Gasteiger partial charge is 0.251 e. The number of hydrogen-bond donors (Lipinski definition) is 2. The number of amides is 1. The van der Waals surface area contributed by atoms with Gasteiger partial charge in [-0.25, -0.2) is 4.98 Å². The molecule has 1 amide bonds. The number of nitrogens with two attached hydrogens (primary N) is 2. The van der Waals surface area contributed by atoms with Crippen LogP contribution in [0.4, 0.5) is 5.69 Å². The summed E-state index contributed by atoms with van der Waals surface area (Å²) in [5.74, 6) is 0.424. The van der Waals surface area contributed by atoms with Gasteiger partial charge in [-0.15, -0.1) is 0 Å². The molecule has 2 aromatic rings. The zero-order valence-electron chi connectivity index (χ0n) is 10.9. The van der Waals surface area contributed by atoms with Gasteiger partial charge < -0.3 is 16.2 Å². The van der Waals surface area contributed by atoms with E-state index in [9.17, 15) is 4.79 Å². The van der Waals surface area contributed by atoms with E-state index in [1.54, 1.807) is 0 Å². The van der Waals surface area contributed by atoms with Gasteiger partial charge in [0.25, 0.3) is 5.91 Å². The van der Waals surface area contributed by atoms with Crippen molar-refractivity contribution in [1.82, 2.24) is 4.98 Å². The number of anilines is 1. The highest BCUT2D eigenvalue weighted by Crippen LogP contribution is 2.29. The molecule has 102 valence electrons. The Kier molecular flexibility index (Phi) is 3.02. The van der Waals surface area contributed by atoms with Gasteiger partial charge in [0.2, 0.25) is 5.88 Å². The summed E-state index contributed by atoms with van der Waals surface area (Å²) in [6.45, 7) is 0. The Bertz CT molecular complexity index is 683. The van der Waals surface area contributed by atoms with Crippen LogP contribution in [0, 0.1) is 0 Å². The minimum atomic E-state index is -0.594. The van der Waals surface area contributed by atoms with E-state index in [1.807, 2.05) is 12.1 Å². The maximum atomic E-state index is 11.2. The predicted molar refractivity (Wildman–Crippen MR) is 75.7 cm³/mol. The first-order valence-corrected chi connectivity index (χ1v) is 6.48. The minimum absolute atomic E-state index is 0.219. The molecule has 1 heterocycles. The zero-order valence-corrected chi connectivity index (χ0v) is 10.9. The summed E-state index contributed by atoms with van der Waals surface area (Å²) in [5.41, 5.74) is 14.0. The second kappa shape index (κ2) is 4.85. The second-order valence-corrected chi connectivity index (χ2v) is 4.86. The summed E-state index contributed by atoms with van der Waals surface area (Å²) in [4.78, 5) is 15.3. The molecule has 0 atom stereocenters. The van der Waals surface area contributed by atoms with Crippen molar-refractivity contribution >= 4 is 11.6 Å². The van der Waals surface area contributed by atoms with Gasteiger partial charge >= 0.3 is 0 Å². The van der Waals surface area contributed by atoms with Crippen molar-refractivity contribution in [3.05, 3.63) is 47.2 Å². The molecule has 5 heteroatoms. The number of nitrogen functional groups attached to an aromatic ring is 1.